The van der Waals surface area contributed by atoms with Gasteiger partial charge in [-0.1, -0.05) is 44.0 Å². The zero-order chi connectivity index (χ0) is 23.0. The summed E-state index contributed by atoms with van der Waals surface area (Å²) in [4.78, 5) is 0. The van der Waals surface area contributed by atoms with E-state index < -0.39 is 17.6 Å². The summed E-state index contributed by atoms with van der Waals surface area (Å²) in [5.41, 5.74) is 1.41. The van der Waals surface area contributed by atoms with Crippen molar-refractivity contribution in [2.45, 2.75) is 58.6 Å². The van der Waals surface area contributed by atoms with E-state index in [1.165, 1.54) is 6.07 Å². The first-order valence-electron chi connectivity index (χ1n) is 10.2. The van der Waals surface area contributed by atoms with Gasteiger partial charge in [0.05, 0.1) is 5.56 Å². The molecule has 7 heteroatoms. The lowest BCUT2D eigenvalue weighted by molar-refractivity contribution is -0.137. The zero-order valence-corrected chi connectivity index (χ0v) is 19.2. The Kier molecular flexibility index (Phi) is 6.77. The second kappa shape index (κ2) is 8.87. The number of rotatable bonds is 6. The Labute approximate surface area is 185 Å². The van der Waals surface area contributed by atoms with Crippen molar-refractivity contribution in [2.75, 3.05) is 0 Å². The number of aromatic nitrogens is 1. The summed E-state index contributed by atoms with van der Waals surface area (Å²) in [5.74, 6) is -0.523. The van der Waals surface area contributed by atoms with Crippen LogP contribution in [0, 0.1) is 11.7 Å². The predicted octanol–water partition coefficient (Wildman–Crippen LogP) is 7.66. The van der Waals surface area contributed by atoms with Gasteiger partial charge >= 0.3 is 6.18 Å². The Morgan fingerprint density at radius 1 is 1.03 bits per heavy atom. The van der Waals surface area contributed by atoms with E-state index in [1.54, 1.807) is 24.1 Å². The van der Waals surface area contributed by atoms with Crippen LogP contribution in [0.2, 0.25) is 0 Å². The normalized spacial score (nSPS) is 12.8. The molecule has 2 aromatic carbocycles. The Morgan fingerprint density at radius 3 is 2.35 bits per heavy atom. The molecule has 0 aliphatic rings. The van der Waals surface area contributed by atoms with Gasteiger partial charge in [-0.15, -0.1) is 0 Å². The lowest BCUT2D eigenvalue weighted by Crippen LogP contribution is -2.16. The molecule has 1 N–H and O–H groups in total. The number of halogens is 4. The number of fused-ring (bicyclic) bond motifs is 1. The van der Waals surface area contributed by atoms with E-state index in [4.69, 9.17) is 0 Å². The van der Waals surface area contributed by atoms with E-state index in [2.05, 4.69) is 50.1 Å². The number of hydrogen-bond acceptors (Lipinski definition) is 2. The van der Waals surface area contributed by atoms with Crippen LogP contribution < -0.4 is 4.72 Å². The smallest absolute Gasteiger partial charge is 0.347 e. The van der Waals surface area contributed by atoms with Crippen LogP contribution in [-0.4, -0.2) is 9.31 Å². The third-order valence-corrected chi connectivity index (χ3v) is 5.67. The highest BCUT2D eigenvalue weighted by molar-refractivity contribution is 7.98. The van der Waals surface area contributed by atoms with Gasteiger partial charge in [-0.2, -0.15) is 13.2 Å². The average Bonchev–Trinajstić information content (AvgIpc) is 2.96. The Bertz CT molecular complexity index is 1060. The van der Waals surface area contributed by atoms with E-state index in [-0.39, 0.29) is 10.3 Å². The van der Waals surface area contributed by atoms with Crippen LogP contribution in [-0.2, 0) is 19.3 Å². The molecule has 1 aromatic heterocycles. The summed E-state index contributed by atoms with van der Waals surface area (Å²) in [6.07, 6.45) is -2.56. The largest absolute Gasteiger partial charge is 0.417 e. The van der Waals surface area contributed by atoms with Crippen molar-refractivity contribution in [3.63, 3.8) is 0 Å². The molecule has 0 aliphatic heterocycles. The molecule has 0 unspecified atom stereocenters. The Balaban J connectivity index is 2.07. The Hall–Kier alpha value is -1.99. The molecule has 168 valence electrons. The van der Waals surface area contributed by atoms with E-state index in [0.717, 1.165) is 29.1 Å². The van der Waals surface area contributed by atoms with E-state index in [0.29, 0.717) is 24.1 Å². The molecule has 0 bridgehead atoms. The molecule has 0 spiro atoms. The van der Waals surface area contributed by atoms with Gasteiger partial charge in [0.2, 0.25) is 0 Å². The molecule has 0 aliphatic carbocycles. The van der Waals surface area contributed by atoms with Crippen molar-refractivity contribution < 1.29 is 17.6 Å². The maximum absolute atomic E-state index is 13.5. The third-order valence-electron chi connectivity index (χ3n) is 4.77. The highest BCUT2D eigenvalue weighted by Crippen LogP contribution is 2.39. The van der Waals surface area contributed by atoms with Gasteiger partial charge in [-0.3, -0.25) is 4.72 Å². The van der Waals surface area contributed by atoms with Crippen LogP contribution in [0.3, 0.4) is 0 Å². The molecule has 0 saturated carbocycles. The highest BCUT2D eigenvalue weighted by Gasteiger charge is 2.34. The van der Waals surface area contributed by atoms with Crippen molar-refractivity contribution in [3.05, 3.63) is 59.5 Å². The summed E-state index contributed by atoms with van der Waals surface area (Å²) in [7, 11) is 0. The van der Waals surface area contributed by atoms with E-state index >= 15 is 0 Å². The summed E-state index contributed by atoms with van der Waals surface area (Å²) in [6, 6.07) is 8.17. The highest BCUT2D eigenvalue weighted by atomic mass is 32.2. The minimum atomic E-state index is -4.63. The van der Waals surface area contributed by atoms with Crippen LogP contribution >= 0.6 is 11.9 Å². The number of nitrogens with one attached hydrogen (secondary N) is 1. The maximum Gasteiger partial charge on any atom is 0.417 e. The minimum absolute atomic E-state index is 0.0175. The van der Waals surface area contributed by atoms with Crippen molar-refractivity contribution in [1.29, 1.82) is 0 Å². The molecule has 0 atom stereocenters. The molecule has 3 rings (SSSR count). The molecule has 0 saturated heterocycles. The summed E-state index contributed by atoms with van der Waals surface area (Å²) in [5, 5.41) is 1.00. The number of nitrogens with zero attached hydrogens (tertiary/aromatic N) is 1. The van der Waals surface area contributed by atoms with Gasteiger partial charge in [0.15, 0.2) is 0 Å². The Morgan fingerprint density at radius 2 is 1.74 bits per heavy atom. The van der Waals surface area contributed by atoms with Gasteiger partial charge in [0, 0.05) is 34.9 Å². The lowest BCUT2D eigenvalue weighted by Gasteiger charge is -2.17. The lowest BCUT2D eigenvalue weighted by atomic mass is 9.97. The first-order valence-corrected chi connectivity index (χ1v) is 11.1. The standard InChI is InChI=1S/C24H28F4N2S/c1-15(2)13-30-14-17(12-29-31-23(3,4)5)20-8-6-16(10-22(20)30)19-9-7-18(25)11-21(19)24(26,27)28/h6-11,14-15,29H,12-13H2,1-5H3. The molecule has 3 aromatic rings. The topological polar surface area (TPSA) is 17.0 Å². The minimum Gasteiger partial charge on any atom is -0.347 e. The molecule has 0 radical (unpaired) electrons. The number of hydrogen-bond donors (Lipinski definition) is 1. The molecule has 1 heterocycles. The fourth-order valence-electron chi connectivity index (χ4n) is 3.55. The summed E-state index contributed by atoms with van der Waals surface area (Å²) < 4.78 is 59.7. The third kappa shape index (κ3) is 5.83. The average molecular weight is 453 g/mol. The van der Waals surface area contributed by atoms with Crippen LogP contribution in [0.15, 0.2) is 42.6 Å². The van der Waals surface area contributed by atoms with Crippen molar-refractivity contribution >= 4 is 22.9 Å². The zero-order valence-electron chi connectivity index (χ0n) is 18.4. The van der Waals surface area contributed by atoms with Gasteiger partial charge < -0.3 is 4.57 Å². The SMILES string of the molecule is CC(C)Cn1cc(CNSC(C)(C)C)c2ccc(-c3ccc(F)cc3C(F)(F)F)cc21. The fourth-order valence-corrected chi connectivity index (χ4v) is 4.21. The van der Waals surface area contributed by atoms with Crippen molar-refractivity contribution in [1.82, 2.24) is 9.29 Å². The van der Waals surface area contributed by atoms with Crippen LogP contribution in [0.5, 0.6) is 0 Å². The van der Waals surface area contributed by atoms with Crippen LogP contribution in [0.25, 0.3) is 22.0 Å². The van der Waals surface area contributed by atoms with E-state index in [9.17, 15) is 17.6 Å². The van der Waals surface area contributed by atoms with Crippen molar-refractivity contribution in [2.24, 2.45) is 5.92 Å². The molecule has 0 fully saturated rings. The molecule has 0 amide bonds. The second-order valence-corrected chi connectivity index (χ2v) is 10.9. The molecule has 2 nitrogen and oxygen atoms in total. The number of benzene rings is 2. The first kappa shape index (κ1) is 23.7. The van der Waals surface area contributed by atoms with Gasteiger partial charge in [-0.25, -0.2) is 4.39 Å². The first-order chi connectivity index (χ1) is 14.3. The summed E-state index contributed by atoms with van der Waals surface area (Å²) in [6.45, 7) is 12.0. The van der Waals surface area contributed by atoms with Crippen molar-refractivity contribution in [3.8, 4) is 11.1 Å². The monoisotopic (exact) mass is 452 g/mol. The van der Waals surface area contributed by atoms with Crippen LogP contribution in [0.4, 0.5) is 17.6 Å². The molecule has 31 heavy (non-hydrogen) atoms. The van der Waals surface area contributed by atoms with Gasteiger partial charge in [0.1, 0.15) is 5.82 Å². The van der Waals surface area contributed by atoms with Crippen LogP contribution in [0.1, 0.15) is 45.7 Å². The van der Waals surface area contributed by atoms with Gasteiger partial charge in [-0.05, 0) is 61.6 Å². The fraction of sp³-hybridized carbons (Fsp3) is 0.417. The predicted molar refractivity (Wildman–Crippen MR) is 121 cm³/mol. The van der Waals surface area contributed by atoms with E-state index in [1.807, 2.05) is 6.07 Å². The maximum atomic E-state index is 13.5. The molecular formula is C24H28F4N2S. The quantitative estimate of drug-likeness (QED) is 0.305. The van der Waals surface area contributed by atoms with Gasteiger partial charge in [0.25, 0.3) is 0 Å². The summed E-state index contributed by atoms with van der Waals surface area (Å²) >= 11 is 1.65. The second-order valence-electron chi connectivity index (χ2n) is 9.16. The number of alkyl halides is 3. The molecular weight excluding hydrogens is 424 g/mol.